The van der Waals surface area contributed by atoms with Gasteiger partial charge in [0.05, 0.1) is 0 Å². The fourth-order valence-corrected chi connectivity index (χ4v) is 2.96. The highest BCUT2D eigenvalue weighted by atomic mass is 28.4. The normalized spacial score (nSPS) is 12.3. The van der Waals surface area contributed by atoms with Crippen molar-refractivity contribution in [1.29, 1.82) is 0 Å². The molecular formula is C15H24N2OSi. The van der Waals surface area contributed by atoms with Crippen molar-refractivity contribution in [3.8, 4) is 5.75 Å². The van der Waals surface area contributed by atoms with Crippen molar-refractivity contribution in [1.82, 2.24) is 9.88 Å². The number of hydrogen-bond donors (Lipinski definition) is 1. The molecule has 1 aromatic carbocycles. The van der Waals surface area contributed by atoms with Gasteiger partial charge in [-0.3, -0.25) is 0 Å². The molecule has 0 bridgehead atoms. The van der Waals surface area contributed by atoms with Crippen LogP contribution >= 0.6 is 0 Å². The maximum atomic E-state index is 6.07. The van der Waals surface area contributed by atoms with Crippen LogP contribution in [0.3, 0.4) is 0 Å². The summed E-state index contributed by atoms with van der Waals surface area (Å²) in [5.74, 6) is 0.998. The first-order valence-corrected chi connectivity index (χ1v) is 10.2. The molecule has 4 heteroatoms. The third kappa shape index (κ3) is 3.85. The van der Waals surface area contributed by atoms with Gasteiger partial charge < -0.3 is 14.3 Å². The Balaban J connectivity index is 2.26. The maximum Gasteiger partial charge on any atom is 0.242 e. The van der Waals surface area contributed by atoms with E-state index in [1.807, 2.05) is 0 Å². The van der Waals surface area contributed by atoms with Crippen LogP contribution in [0.1, 0.15) is 5.56 Å². The molecule has 0 aliphatic heterocycles. The van der Waals surface area contributed by atoms with E-state index in [9.17, 15) is 0 Å². The van der Waals surface area contributed by atoms with E-state index in [1.165, 1.54) is 16.5 Å². The number of hydrogen-bond acceptors (Lipinski definition) is 2. The molecule has 3 nitrogen and oxygen atoms in total. The molecular weight excluding hydrogens is 252 g/mol. The SMILES string of the molecule is CN(C)CCc1c[nH]c2ccc(O[Si](C)(C)C)cc12. The zero-order chi connectivity index (χ0) is 14.0. The van der Waals surface area contributed by atoms with Crippen molar-refractivity contribution in [3.63, 3.8) is 0 Å². The number of nitrogens with one attached hydrogen (secondary N) is 1. The van der Waals surface area contributed by atoms with Gasteiger partial charge in [-0.15, -0.1) is 0 Å². The number of H-pyrrole nitrogens is 1. The summed E-state index contributed by atoms with van der Waals surface area (Å²) < 4.78 is 6.07. The van der Waals surface area contributed by atoms with Gasteiger partial charge in [-0.2, -0.15) is 0 Å². The number of aromatic amines is 1. The zero-order valence-electron chi connectivity index (χ0n) is 12.6. The molecule has 1 heterocycles. The third-order valence-electron chi connectivity index (χ3n) is 2.99. The van der Waals surface area contributed by atoms with Crippen LogP contribution in [0.2, 0.25) is 19.6 Å². The van der Waals surface area contributed by atoms with E-state index >= 15 is 0 Å². The second kappa shape index (κ2) is 5.39. The van der Waals surface area contributed by atoms with Crippen LogP contribution in [0.5, 0.6) is 5.75 Å². The van der Waals surface area contributed by atoms with Gasteiger partial charge in [-0.1, -0.05) is 0 Å². The number of fused-ring (bicyclic) bond motifs is 1. The Bertz CT molecular complexity index is 555. The molecule has 0 aliphatic rings. The van der Waals surface area contributed by atoms with Gasteiger partial charge in [-0.05, 0) is 63.9 Å². The quantitative estimate of drug-likeness (QED) is 0.847. The summed E-state index contributed by atoms with van der Waals surface area (Å²) in [6, 6.07) is 6.35. The molecule has 0 fully saturated rings. The number of nitrogens with zero attached hydrogens (tertiary/aromatic N) is 1. The third-order valence-corrected chi connectivity index (χ3v) is 3.84. The minimum Gasteiger partial charge on any atom is -0.544 e. The molecule has 1 N–H and O–H groups in total. The van der Waals surface area contributed by atoms with E-state index in [4.69, 9.17) is 4.43 Å². The van der Waals surface area contributed by atoms with Crippen molar-refractivity contribution in [2.24, 2.45) is 0 Å². The lowest BCUT2D eigenvalue weighted by Gasteiger charge is -2.19. The van der Waals surface area contributed by atoms with Crippen LogP contribution in [-0.4, -0.2) is 38.8 Å². The summed E-state index contributed by atoms with van der Waals surface area (Å²) in [5.41, 5.74) is 2.56. The Kier molecular flexibility index (Phi) is 4.01. The van der Waals surface area contributed by atoms with Crippen LogP contribution in [0.15, 0.2) is 24.4 Å². The van der Waals surface area contributed by atoms with E-state index < -0.39 is 8.32 Å². The van der Waals surface area contributed by atoms with Crippen molar-refractivity contribution in [2.45, 2.75) is 26.1 Å². The summed E-state index contributed by atoms with van der Waals surface area (Å²) in [6.45, 7) is 7.69. The zero-order valence-corrected chi connectivity index (χ0v) is 13.6. The molecule has 1 aromatic heterocycles. The van der Waals surface area contributed by atoms with Gasteiger partial charge in [0.25, 0.3) is 0 Å². The predicted molar refractivity (Wildman–Crippen MR) is 84.5 cm³/mol. The van der Waals surface area contributed by atoms with Crippen LogP contribution in [0.25, 0.3) is 10.9 Å². The Hall–Kier alpha value is -1.26. The van der Waals surface area contributed by atoms with Gasteiger partial charge in [0.2, 0.25) is 8.32 Å². The number of likely N-dealkylation sites (N-methyl/N-ethyl adjacent to an activating group) is 1. The molecule has 2 rings (SSSR count). The van der Waals surface area contributed by atoms with E-state index in [1.54, 1.807) is 0 Å². The molecule has 19 heavy (non-hydrogen) atoms. The van der Waals surface area contributed by atoms with Gasteiger partial charge in [0.15, 0.2) is 0 Å². The average molecular weight is 276 g/mol. The van der Waals surface area contributed by atoms with E-state index in [2.05, 4.69) is 68.0 Å². The highest BCUT2D eigenvalue weighted by Crippen LogP contribution is 2.25. The molecule has 0 saturated heterocycles. The molecule has 0 radical (unpaired) electrons. The van der Waals surface area contributed by atoms with Gasteiger partial charge in [-0.25, -0.2) is 0 Å². The highest BCUT2D eigenvalue weighted by molar-refractivity contribution is 6.70. The first kappa shape index (κ1) is 14.2. The molecule has 0 saturated carbocycles. The maximum absolute atomic E-state index is 6.07. The van der Waals surface area contributed by atoms with E-state index in [0.717, 1.165) is 18.7 Å². The average Bonchev–Trinajstić information content (AvgIpc) is 2.66. The lowest BCUT2D eigenvalue weighted by molar-refractivity contribution is 0.414. The Morgan fingerprint density at radius 2 is 1.95 bits per heavy atom. The first-order valence-electron chi connectivity index (χ1n) is 6.79. The number of aromatic nitrogens is 1. The van der Waals surface area contributed by atoms with Crippen molar-refractivity contribution in [3.05, 3.63) is 30.0 Å². The summed E-state index contributed by atoms with van der Waals surface area (Å²) in [7, 11) is 2.67. The lowest BCUT2D eigenvalue weighted by atomic mass is 10.1. The van der Waals surface area contributed by atoms with Crippen LogP contribution in [0, 0.1) is 0 Å². The second-order valence-electron chi connectivity index (χ2n) is 6.29. The van der Waals surface area contributed by atoms with Crippen molar-refractivity contribution in [2.75, 3.05) is 20.6 Å². The number of benzene rings is 1. The smallest absolute Gasteiger partial charge is 0.242 e. The molecule has 0 amide bonds. The lowest BCUT2D eigenvalue weighted by Crippen LogP contribution is -2.29. The standard InChI is InChI=1S/C15H24N2OSi/c1-17(2)9-8-12-11-16-15-7-6-13(10-14(12)15)18-19(3,4)5/h6-7,10-11,16H,8-9H2,1-5H3. The molecule has 0 aliphatic carbocycles. The molecule has 2 aromatic rings. The minimum atomic E-state index is -1.54. The van der Waals surface area contributed by atoms with Gasteiger partial charge >= 0.3 is 0 Å². The monoisotopic (exact) mass is 276 g/mol. The summed E-state index contributed by atoms with van der Waals surface area (Å²) in [4.78, 5) is 5.55. The minimum absolute atomic E-state index is 0.998. The van der Waals surface area contributed by atoms with E-state index in [-0.39, 0.29) is 0 Å². The topological polar surface area (TPSA) is 28.3 Å². The second-order valence-corrected chi connectivity index (χ2v) is 10.7. The van der Waals surface area contributed by atoms with Gasteiger partial charge in [0, 0.05) is 23.6 Å². The summed E-state index contributed by atoms with van der Waals surface area (Å²) in [6.07, 6.45) is 3.18. The van der Waals surface area contributed by atoms with Crippen LogP contribution in [-0.2, 0) is 6.42 Å². The molecule has 0 unspecified atom stereocenters. The summed E-state index contributed by atoms with van der Waals surface area (Å²) in [5, 5.41) is 1.29. The van der Waals surface area contributed by atoms with Crippen molar-refractivity contribution >= 4 is 19.2 Å². The predicted octanol–water partition coefficient (Wildman–Crippen LogP) is 3.49. The fourth-order valence-electron chi connectivity index (χ4n) is 2.13. The summed E-state index contributed by atoms with van der Waals surface area (Å²) >= 11 is 0. The van der Waals surface area contributed by atoms with Crippen LogP contribution in [0.4, 0.5) is 0 Å². The number of rotatable bonds is 5. The largest absolute Gasteiger partial charge is 0.544 e. The molecule has 0 atom stereocenters. The Labute approximate surface area is 116 Å². The Morgan fingerprint density at radius 3 is 2.58 bits per heavy atom. The fraction of sp³-hybridized carbons (Fsp3) is 0.467. The Morgan fingerprint density at radius 1 is 1.21 bits per heavy atom. The van der Waals surface area contributed by atoms with Crippen LogP contribution < -0.4 is 4.43 Å². The van der Waals surface area contributed by atoms with E-state index in [0.29, 0.717) is 0 Å². The molecule has 104 valence electrons. The first-order chi connectivity index (χ1) is 8.85. The van der Waals surface area contributed by atoms with Crippen molar-refractivity contribution < 1.29 is 4.43 Å². The highest BCUT2D eigenvalue weighted by Gasteiger charge is 2.16. The molecule has 0 spiro atoms. The van der Waals surface area contributed by atoms with Gasteiger partial charge in [0.1, 0.15) is 5.75 Å².